The molecule has 0 N–H and O–H groups in total. The van der Waals surface area contributed by atoms with E-state index in [0.29, 0.717) is 20.8 Å². The highest BCUT2D eigenvalue weighted by Crippen LogP contribution is 2.32. The third-order valence-electron chi connectivity index (χ3n) is 2.49. The topological polar surface area (TPSA) is 20.3 Å². The second-order valence-electron chi connectivity index (χ2n) is 3.88. The molecule has 0 atom stereocenters. The first-order valence-electron chi connectivity index (χ1n) is 5.62. The number of carbonyl (C=O) groups excluding carboxylic acids is 1. The Kier molecular flexibility index (Phi) is 4.43. The molecule has 2 nitrogen and oxygen atoms in total. The van der Waals surface area contributed by atoms with Gasteiger partial charge in [0.2, 0.25) is 0 Å². The van der Waals surface area contributed by atoms with Gasteiger partial charge >= 0.3 is 0 Å². The smallest absolute Gasteiger partial charge is 0.266 e. The van der Waals surface area contributed by atoms with E-state index in [4.69, 9.17) is 23.8 Å². The molecule has 18 heavy (non-hydrogen) atoms. The molecular weight excluding hydrogens is 286 g/mol. The lowest BCUT2D eigenvalue weighted by Crippen LogP contribution is -2.28. The standard InChI is InChI=1S/C13H12ClNOS2/c1-2-7-15-12(16)11(18-13(15)17)8-9-3-5-10(14)6-4-9/h3-6,8H,2,7H2,1H3/b11-8+. The van der Waals surface area contributed by atoms with Crippen molar-refractivity contribution in [2.75, 3.05) is 6.54 Å². The van der Waals surface area contributed by atoms with Crippen LogP contribution in [0, 0.1) is 0 Å². The lowest BCUT2D eigenvalue weighted by atomic mass is 10.2. The van der Waals surface area contributed by atoms with Crippen LogP contribution in [0.25, 0.3) is 6.08 Å². The van der Waals surface area contributed by atoms with Crippen LogP contribution in [0.3, 0.4) is 0 Å². The Hall–Kier alpha value is -0.840. The molecule has 0 spiro atoms. The van der Waals surface area contributed by atoms with Crippen molar-refractivity contribution in [2.24, 2.45) is 0 Å². The number of thiocarbonyl (C=S) groups is 1. The normalized spacial score (nSPS) is 17.9. The van der Waals surface area contributed by atoms with Crippen molar-refractivity contribution >= 4 is 51.9 Å². The van der Waals surface area contributed by atoms with Gasteiger partial charge in [-0.05, 0) is 30.2 Å². The first-order valence-corrected chi connectivity index (χ1v) is 7.23. The van der Waals surface area contributed by atoms with Gasteiger partial charge in [-0.1, -0.05) is 54.6 Å². The monoisotopic (exact) mass is 297 g/mol. The van der Waals surface area contributed by atoms with Gasteiger partial charge in [0.1, 0.15) is 4.32 Å². The van der Waals surface area contributed by atoms with Gasteiger partial charge in [0, 0.05) is 11.6 Å². The summed E-state index contributed by atoms with van der Waals surface area (Å²) in [7, 11) is 0. The molecular formula is C13H12ClNOS2. The second kappa shape index (κ2) is 5.87. The molecule has 0 radical (unpaired) electrons. The minimum absolute atomic E-state index is 0.00167. The van der Waals surface area contributed by atoms with E-state index in [1.165, 1.54) is 11.8 Å². The summed E-state index contributed by atoms with van der Waals surface area (Å²) in [6.07, 6.45) is 2.76. The molecule has 2 rings (SSSR count). The zero-order chi connectivity index (χ0) is 13.1. The quantitative estimate of drug-likeness (QED) is 0.622. The van der Waals surface area contributed by atoms with Gasteiger partial charge in [0.05, 0.1) is 4.91 Å². The summed E-state index contributed by atoms with van der Waals surface area (Å²) in [5.41, 5.74) is 0.955. The van der Waals surface area contributed by atoms with Crippen LogP contribution in [-0.4, -0.2) is 21.7 Å². The Morgan fingerprint density at radius 3 is 2.67 bits per heavy atom. The fraction of sp³-hybridized carbons (Fsp3) is 0.231. The summed E-state index contributed by atoms with van der Waals surface area (Å²) in [6, 6.07) is 7.38. The molecule has 1 aromatic rings. The fourth-order valence-corrected chi connectivity index (χ4v) is 3.06. The maximum Gasteiger partial charge on any atom is 0.266 e. The van der Waals surface area contributed by atoms with Gasteiger partial charge in [0.15, 0.2) is 0 Å². The van der Waals surface area contributed by atoms with Gasteiger partial charge in [-0.3, -0.25) is 9.69 Å². The molecule has 0 aromatic heterocycles. The number of halogens is 1. The minimum atomic E-state index is 0.00167. The number of carbonyl (C=O) groups is 1. The zero-order valence-corrected chi connectivity index (χ0v) is 12.2. The largest absolute Gasteiger partial charge is 0.293 e. The van der Waals surface area contributed by atoms with Crippen molar-refractivity contribution in [3.63, 3.8) is 0 Å². The zero-order valence-electron chi connectivity index (χ0n) is 9.85. The molecule has 0 unspecified atom stereocenters. The van der Waals surface area contributed by atoms with E-state index in [0.717, 1.165) is 12.0 Å². The molecule has 1 fully saturated rings. The maximum absolute atomic E-state index is 12.1. The molecule has 0 bridgehead atoms. The summed E-state index contributed by atoms with van der Waals surface area (Å²) in [4.78, 5) is 14.4. The van der Waals surface area contributed by atoms with Gasteiger partial charge in [-0.15, -0.1) is 0 Å². The van der Waals surface area contributed by atoms with Crippen molar-refractivity contribution < 1.29 is 4.79 Å². The van der Waals surface area contributed by atoms with Crippen LogP contribution in [0.4, 0.5) is 0 Å². The number of rotatable bonds is 3. The average molecular weight is 298 g/mol. The summed E-state index contributed by atoms with van der Waals surface area (Å²) >= 11 is 12.4. The summed E-state index contributed by atoms with van der Waals surface area (Å²) < 4.78 is 0.641. The molecule has 94 valence electrons. The van der Waals surface area contributed by atoms with Crippen LogP contribution >= 0.6 is 35.6 Å². The van der Waals surface area contributed by atoms with Gasteiger partial charge in [0.25, 0.3) is 5.91 Å². The molecule has 0 saturated carbocycles. The Balaban J connectivity index is 2.22. The van der Waals surface area contributed by atoms with Gasteiger partial charge < -0.3 is 0 Å². The minimum Gasteiger partial charge on any atom is -0.293 e. The third kappa shape index (κ3) is 2.94. The molecule has 1 aromatic carbocycles. The lowest BCUT2D eigenvalue weighted by molar-refractivity contribution is -0.122. The number of hydrogen-bond donors (Lipinski definition) is 0. The van der Waals surface area contributed by atoms with E-state index >= 15 is 0 Å². The molecule has 1 aliphatic rings. The fourth-order valence-electron chi connectivity index (χ4n) is 1.63. The highest BCUT2D eigenvalue weighted by atomic mass is 35.5. The Labute approximate surface area is 121 Å². The molecule has 1 amide bonds. The van der Waals surface area contributed by atoms with Crippen molar-refractivity contribution in [1.29, 1.82) is 0 Å². The average Bonchev–Trinajstić information content (AvgIpc) is 2.60. The first kappa shape index (κ1) is 13.6. The summed E-state index contributed by atoms with van der Waals surface area (Å²) in [6.45, 7) is 2.71. The van der Waals surface area contributed by atoms with Crippen LogP contribution in [0.5, 0.6) is 0 Å². The molecule has 0 aliphatic carbocycles. The predicted octanol–water partition coefficient (Wildman–Crippen LogP) is 3.95. The van der Waals surface area contributed by atoms with E-state index in [-0.39, 0.29) is 5.91 Å². The maximum atomic E-state index is 12.1. The van der Waals surface area contributed by atoms with Crippen molar-refractivity contribution in [3.8, 4) is 0 Å². The highest BCUT2D eigenvalue weighted by molar-refractivity contribution is 8.26. The highest BCUT2D eigenvalue weighted by Gasteiger charge is 2.30. The van der Waals surface area contributed by atoms with E-state index in [9.17, 15) is 4.79 Å². The van der Waals surface area contributed by atoms with E-state index in [1.807, 2.05) is 25.1 Å². The molecule has 1 saturated heterocycles. The van der Waals surface area contributed by atoms with Gasteiger partial charge in [-0.2, -0.15) is 0 Å². The SMILES string of the molecule is CCCN1C(=O)/C(=C\c2ccc(Cl)cc2)SC1=S. The Bertz CT molecular complexity index is 510. The first-order chi connectivity index (χ1) is 8.61. The van der Waals surface area contributed by atoms with Crippen LogP contribution in [-0.2, 0) is 4.79 Å². The van der Waals surface area contributed by atoms with Crippen molar-refractivity contribution in [2.45, 2.75) is 13.3 Å². The van der Waals surface area contributed by atoms with Crippen molar-refractivity contribution in [1.82, 2.24) is 4.90 Å². The Morgan fingerprint density at radius 1 is 1.39 bits per heavy atom. The van der Waals surface area contributed by atoms with E-state index in [2.05, 4.69) is 0 Å². The molecule has 1 heterocycles. The van der Waals surface area contributed by atoms with Gasteiger partial charge in [-0.25, -0.2) is 0 Å². The number of benzene rings is 1. The molecule has 1 aliphatic heterocycles. The van der Waals surface area contributed by atoms with Crippen LogP contribution < -0.4 is 0 Å². The summed E-state index contributed by atoms with van der Waals surface area (Å²) in [5, 5.41) is 0.686. The number of amides is 1. The number of nitrogens with zero attached hydrogens (tertiary/aromatic N) is 1. The predicted molar refractivity (Wildman–Crippen MR) is 81.6 cm³/mol. The Morgan fingerprint density at radius 2 is 2.06 bits per heavy atom. The van der Waals surface area contributed by atoms with Crippen LogP contribution in [0.1, 0.15) is 18.9 Å². The summed E-state index contributed by atoms with van der Waals surface area (Å²) in [5.74, 6) is 0.00167. The van der Waals surface area contributed by atoms with E-state index in [1.54, 1.807) is 17.0 Å². The third-order valence-corrected chi connectivity index (χ3v) is 4.12. The number of thioether (sulfide) groups is 1. The van der Waals surface area contributed by atoms with E-state index < -0.39 is 0 Å². The van der Waals surface area contributed by atoms with Crippen molar-refractivity contribution in [3.05, 3.63) is 39.8 Å². The number of hydrogen-bond acceptors (Lipinski definition) is 3. The second-order valence-corrected chi connectivity index (χ2v) is 6.00. The van der Waals surface area contributed by atoms with Crippen LogP contribution in [0.15, 0.2) is 29.2 Å². The van der Waals surface area contributed by atoms with Crippen LogP contribution in [0.2, 0.25) is 5.02 Å². The molecule has 5 heteroatoms. The lowest BCUT2D eigenvalue weighted by Gasteiger charge is -2.11.